The number of carbonyl (C=O) groups excluding carboxylic acids is 2. The molecule has 0 saturated carbocycles. The number of hydrogen-bond acceptors (Lipinski definition) is 2. The molecule has 0 aliphatic carbocycles. The monoisotopic (exact) mass is 392 g/mol. The molecule has 1 saturated heterocycles. The maximum Gasteiger partial charge on any atom is 0.253 e. The topological polar surface area (TPSA) is 49.4 Å². The van der Waals surface area contributed by atoms with E-state index in [-0.39, 0.29) is 29.2 Å². The third-order valence-corrected chi connectivity index (χ3v) is 5.81. The minimum absolute atomic E-state index is 0.00954. The van der Waals surface area contributed by atoms with Crippen LogP contribution in [0, 0.1) is 5.92 Å². The Labute approximate surface area is 174 Å². The minimum atomic E-state index is -0.0338. The quantitative estimate of drug-likeness (QED) is 0.819. The van der Waals surface area contributed by atoms with Crippen molar-refractivity contribution in [3.8, 4) is 0 Å². The lowest BCUT2D eigenvalue weighted by atomic mass is 9.86. The van der Waals surface area contributed by atoms with Crippen molar-refractivity contribution >= 4 is 11.8 Å². The lowest BCUT2D eigenvalue weighted by Gasteiger charge is -2.32. The van der Waals surface area contributed by atoms with E-state index in [1.54, 1.807) is 0 Å². The molecule has 0 radical (unpaired) electrons. The first-order valence-corrected chi connectivity index (χ1v) is 10.5. The molecule has 1 N–H and O–H groups in total. The SMILES string of the molecule is C[C@H](NC(=O)C1CCN(C(=O)c2ccc(C(C)(C)C)cc2)CC1)c1ccccc1. The summed E-state index contributed by atoms with van der Waals surface area (Å²) in [6.07, 6.45) is 1.41. The maximum atomic E-state index is 12.8. The van der Waals surface area contributed by atoms with Gasteiger partial charge in [0.25, 0.3) is 5.91 Å². The molecule has 1 aliphatic heterocycles. The van der Waals surface area contributed by atoms with Crippen molar-refractivity contribution in [1.82, 2.24) is 10.2 Å². The first kappa shape index (κ1) is 21.1. The maximum absolute atomic E-state index is 12.8. The normalized spacial score (nSPS) is 16.3. The van der Waals surface area contributed by atoms with Crippen molar-refractivity contribution in [2.45, 2.75) is 52.0 Å². The lowest BCUT2D eigenvalue weighted by Crippen LogP contribution is -2.43. The van der Waals surface area contributed by atoms with Crippen molar-refractivity contribution in [3.05, 3.63) is 71.3 Å². The highest BCUT2D eigenvalue weighted by Gasteiger charge is 2.28. The van der Waals surface area contributed by atoms with Crippen molar-refractivity contribution in [2.75, 3.05) is 13.1 Å². The van der Waals surface area contributed by atoms with E-state index >= 15 is 0 Å². The Morgan fingerprint density at radius 1 is 0.966 bits per heavy atom. The van der Waals surface area contributed by atoms with E-state index in [0.717, 1.165) is 11.1 Å². The molecule has 3 rings (SSSR count). The van der Waals surface area contributed by atoms with Crippen LogP contribution in [0.4, 0.5) is 0 Å². The van der Waals surface area contributed by atoms with Gasteiger partial charge in [-0.3, -0.25) is 9.59 Å². The van der Waals surface area contributed by atoms with Crippen molar-refractivity contribution in [1.29, 1.82) is 0 Å². The molecule has 0 bridgehead atoms. The van der Waals surface area contributed by atoms with E-state index in [1.165, 1.54) is 5.56 Å². The largest absolute Gasteiger partial charge is 0.349 e. The first-order chi connectivity index (χ1) is 13.8. The number of amides is 2. The van der Waals surface area contributed by atoms with E-state index in [0.29, 0.717) is 25.9 Å². The van der Waals surface area contributed by atoms with Crippen LogP contribution in [0.15, 0.2) is 54.6 Å². The van der Waals surface area contributed by atoms with Crippen LogP contribution in [0.25, 0.3) is 0 Å². The fourth-order valence-corrected chi connectivity index (χ4v) is 3.80. The molecule has 1 fully saturated rings. The predicted octanol–water partition coefficient (Wildman–Crippen LogP) is 4.71. The third-order valence-electron chi connectivity index (χ3n) is 5.81. The standard InChI is InChI=1S/C25H32N2O2/c1-18(19-8-6-5-7-9-19)26-23(28)20-14-16-27(17-15-20)24(29)21-10-12-22(13-11-21)25(2,3)4/h5-13,18,20H,14-17H2,1-4H3,(H,26,28)/t18-/m0/s1. The molecule has 1 heterocycles. The second-order valence-electron chi connectivity index (χ2n) is 9.03. The molecule has 4 nitrogen and oxygen atoms in total. The molecule has 0 aromatic heterocycles. The van der Waals surface area contributed by atoms with Gasteiger partial charge < -0.3 is 10.2 Å². The number of benzene rings is 2. The summed E-state index contributed by atoms with van der Waals surface area (Å²) in [7, 11) is 0. The van der Waals surface area contributed by atoms with Gasteiger partial charge in [0.15, 0.2) is 0 Å². The zero-order valence-corrected chi connectivity index (χ0v) is 17.9. The number of nitrogens with one attached hydrogen (secondary N) is 1. The fourth-order valence-electron chi connectivity index (χ4n) is 3.80. The summed E-state index contributed by atoms with van der Waals surface area (Å²) < 4.78 is 0. The van der Waals surface area contributed by atoms with Gasteiger partial charge in [0.05, 0.1) is 6.04 Å². The van der Waals surface area contributed by atoms with Crippen molar-refractivity contribution in [2.24, 2.45) is 5.92 Å². The third kappa shape index (κ3) is 5.26. The van der Waals surface area contributed by atoms with Crippen LogP contribution in [0.5, 0.6) is 0 Å². The van der Waals surface area contributed by atoms with Crippen molar-refractivity contribution < 1.29 is 9.59 Å². The number of nitrogens with zero attached hydrogens (tertiary/aromatic N) is 1. The number of rotatable bonds is 4. The first-order valence-electron chi connectivity index (χ1n) is 10.5. The van der Waals surface area contributed by atoms with Crippen LogP contribution in [0.1, 0.15) is 68.1 Å². The average molecular weight is 393 g/mol. The molecule has 1 aliphatic rings. The zero-order valence-electron chi connectivity index (χ0n) is 17.9. The number of hydrogen-bond donors (Lipinski definition) is 1. The van der Waals surface area contributed by atoms with Crippen LogP contribution in [0.3, 0.4) is 0 Å². The fraction of sp³-hybridized carbons (Fsp3) is 0.440. The summed E-state index contributed by atoms with van der Waals surface area (Å²) in [5.41, 5.74) is 3.12. The Balaban J connectivity index is 1.53. The highest BCUT2D eigenvalue weighted by Crippen LogP contribution is 2.24. The van der Waals surface area contributed by atoms with Crippen LogP contribution in [-0.2, 0) is 10.2 Å². The van der Waals surface area contributed by atoms with Crippen LogP contribution < -0.4 is 5.32 Å². The summed E-state index contributed by atoms with van der Waals surface area (Å²) in [5.74, 6) is 0.110. The summed E-state index contributed by atoms with van der Waals surface area (Å²) in [5, 5.41) is 3.12. The molecular formula is C25H32N2O2. The van der Waals surface area contributed by atoms with Gasteiger partial charge in [0.2, 0.25) is 5.91 Å². The van der Waals surface area contributed by atoms with E-state index in [4.69, 9.17) is 0 Å². The van der Waals surface area contributed by atoms with Gasteiger partial charge in [-0.05, 0) is 48.4 Å². The Morgan fingerprint density at radius 3 is 2.10 bits per heavy atom. The van der Waals surface area contributed by atoms with E-state index < -0.39 is 0 Å². The average Bonchev–Trinajstić information content (AvgIpc) is 2.73. The predicted molar refractivity (Wildman–Crippen MR) is 117 cm³/mol. The summed E-state index contributed by atoms with van der Waals surface area (Å²) >= 11 is 0. The van der Waals surface area contributed by atoms with Crippen LogP contribution in [0.2, 0.25) is 0 Å². The molecule has 0 spiro atoms. The highest BCUT2D eigenvalue weighted by molar-refractivity contribution is 5.94. The van der Waals surface area contributed by atoms with Gasteiger partial charge in [-0.25, -0.2) is 0 Å². The Kier molecular flexibility index (Phi) is 6.41. The lowest BCUT2D eigenvalue weighted by molar-refractivity contribution is -0.126. The number of carbonyl (C=O) groups is 2. The summed E-state index contributed by atoms with van der Waals surface area (Å²) in [6, 6.07) is 17.9. The van der Waals surface area contributed by atoms with E-state index in [9.17, 15) is 9.59 Å². The summed E-state index contributed by atoms with van der Waals surface area (Å²) in [6.45, 7) is 9.75. The number of piperidine rings is 1. The minimum Gasteiger partial charge on any atom is -0.349 e. The van der Waals surface area contributed by atoms with Gasteiger partial charge in [-0.2, -0.15) is 0 Å². The second kappa shape index (κ2) is 8.81. The zero-order chi connectivity index (χ0) is 21.0. The van der Waals surface area contributed by atoms with Gasteiger partial charge in [-0.1, -0.05) is 63.2 Å². The van der Waals surface area contributed by atoms with E-state index in [2.05, 4.69) is 26.1 Å². The van der Waals surface area contributed by atoms with Gasteiger partial charge in [0.1, 0.15) is 0 Å². The molecule has 29 heavy (non-hydrogen) atoms. The number of likely N-dealkylation sites (tertiary alicyclic amines) is 1. The molecule has 2 amide bonds. The van der Waals surface area contributed by atoms with Gasteiger partial charge in [-0.15, -0.1) is 0 Å². The molecule has 154 valence electrons. The Morgan fingerprint density at radius 2 is 1.55 bits per heavy atom. The van der Waals surface area contributed by atoms with Crippen LogP contribution >= 0.6 is 0 Å². The van der Waals surface area contributed by atoms with Crippen LogP contribution in [-0.4, -0.2) is 29.8 Å². The Hall–Kier alpha value is -2.62. The second-order valence-corrected chi connectivity index (χ2v) is 9.03. The highest BCUT2D eigenvalue weighted by atomic mass is 16.2. The molecule has 4 heteroatoms. The molecule has 2 aromatic rings. The molecule has 0 unspecified atom stereocenters. The van der Waals surface area contributed by atoms with E-state index in [1.807, 2.05) is 66.4 Å². The smallest absolute Gasteiger partial charge is 0.253 e. The Bertz CT molecular complexity index is 829. The summed E-state index contributed by atoms with van der Waals surface area (Å²) in [4.78, 5) is 27.3. The van der Waals surface area contributed by atoms with Gasteiger partial charge in [0, 0.05) is 24.6 Å². The molecule has 1 atom stereocenters. The van der Waals surface area contributed by atoms with Gasteiger partial charge >= 0.3 is 0 Å². The molecule has 2 aromatic carbocycles. The van der Waals surface area contributed by atoms with Crippen molar-refractivity contribution in [3.63, 3.8) is 0 Å². The molecular weight excluding hydrogens is 360 g/mol.